The van der Waals surface area contributed by atoms with E-state index in [0.29, 0.717) is 17.9 Å². The number of rotatable bonds is 3. The minimum Gasteiger partial charge on any atom is -0.399 e. The summed E-state index contributed by atoms with van der Waals surface area (Å²) in [6.45, 7) is 4.10. The van der Waals surface area contributed by atoms with Crippen LogP contribution in [0.2, 0.25) is 0 Å². The van der Waals surface area contributed by atoms with Crippen molar-refractivity contribution in [1.82, 2.24) is 9.55 Å². The number of hydrogen-bond donors (Lipinski definition) is 1. The van der Waals surface area contributed by atoms with Crippen molar-refractivity contribution >= 4 is 16.7 Å². The summed E-state index contributed by atoms with van der Waals surface area (Å²) in [4.78, 5) is 4.84. The van der Waals surface area contributed by atoms with E-state index >= 15 is 0 Å². The summed E-state index contributed by atoms with van der Waals surface area (Å²) in [6, 6.07) is 6.09. The highest BCUT2D eigenvalue weighted by atomic mass is 16.5. The molecule has 106 valence electrons. The van der Waals surface area contributed by atoms with E-state index in [0.717, 1.165) is 30.8 Å². The third kappa shape index (κ3) is 1.99. The second-order valence-corrected chi connectivity index (χ2v) is 6.23. The van der Waals surface area contributed by atoms with Gasteiger partial charge < -0.3 is 15.0 Å². The molecular weight excluding hydrogens is 250 g/mol. The van der Waals surface area contributed by atoms with Crippen molar-refractivity contribution < 1.29 is 4.74 Å². The van der Waals surface area contributed by atoms with Gasteiger partial charge in [-0.05, 0) is 44.4 Å². The average molecular weight is 271 g/mol. The molecule has 1 saturated heterocycles. The standard InChI is InChI=1S/C16H21N3O/c1-10-12(6-7-20-10)9-19-15-5-4-13(17)8-14(15)18-16(19)11-2-3-11/h4-5,8,10-12H,2-3,6-7,9,17H2,1H3. The highest BCUT2D eigenvalue weighted by molar-refractivity contribution is 5.79. The van der Waals surface area contributed by atoms with E-state index in [-0.39, 0.29) is 0 Å². The Morgan fingerprint density at radius 1 is 1.35 bits per heavy atom. The fourth-order valence-electron chi connectivity index (χ4n) is 3.26. The Bertz CT molecular complexity index is 644. The molecule has 2 fully saturated rings. The molecule has 1 aromatic carbocycles. The van der Waals surface area contributed by atoms with E-state index in [9.17, 15) is 0 Å². The maximum absolute atomic E-state index is 5.89. The summed E-state index contributed by atoms with van der Waals surface area (Å²) in [5.41, 5.74) is 8.95. The topological polar surface area (TPSA) is 53.1 Å². The van der Waals surface area contributed by atoms with Gasteiger partial charge in [-0.25, -0.2) is 4.98 Å². The number of aromatic nitrogens is 2. The summed E-state index contributed by atoms with van der Waals surface area (Å²) in [6.07, 6.45) is 4.05. The van der Waals surface area contributed by atoms with Crippen LogP contribution in [0.1, 0.15) is 37.9 Å². The molecule has 2 aliphatic rings. The van der Waals surface area contributed by atoms with Crippen molar-refractivity contribution in [2.24, 2.45) is 5.92 Å². The van der Waals surface area contributed by atoms with Gasteiger partial charge in [-0.2, -0.15) is 0 Å². The normalized spacial score (nSPS) is 26.4. The van der Waals surface area contributed by atoms with Crippen molar-refractivity contribution in [3.8, 4) is 0 Å². The van der Waals surface area contributed by atoms with Crippen LogP contribution in [-0.4, -0.2) is 22.3 Å². The Hall–Kier alpha value is -1.55. The first-order chi connectivity index (χ1) is 9.72. The zero-order chi connectivity index (χ0) is 13.7. The van der Waals surface area contributed by atoms with Crippen molar-refractivity contribution in [3.05, 3.63) is 24.0 Å². The lowest BCUT2D eigenvalue weighted by atomic mass is 10.0. The van der Waals surface area contributed by atoms with Crippen LogP contribution in [0.5, 0.6) is 0 Å². The molecule has 2 aromatic rings. The van der Waals surface area contributed by atoms with E-state index in [4.69, 9.17) is 15.5 Å². The van der Waals surface area contributed by atoms with Crippen LogP contribution in [0, 0.1) is 5.92 Å². The number of nitrogens with two attached hydrogens (primary N) is 1. The van der Waals surface area contributed by atoms with Gasteiger partial charge in [0.2, 0.25) is 0 Å². The van der Waals surface area contributed by atoms with Gasteiger partial charge in [-0.1, -0.05) is 0 Å². The maximum Gasteiger partial charge on any atom is 0.113 e. The van der Waals surface area contributed by atoms with E-state index in [1.54, 1.807) is 0 Å². The molecule has 0 spiro atoms. The number of imidazole rings is 1. The molecule has 0 radical (unpaired) electrons. The number of hydrogen-bond acceptors (Lipinski definition) is 3. The molecule has 2 atom stereocenters. The number of nitrogens with zero attached hydrogens (tertiary/aromatic N) is 2. The van der Waals surface area contributed by atoms with Gasteiger partial charge in [0, 0.05) is 30.7 Å². The van der Waals surface area contributed by atoms with Crippen LogP contribution in [0.15, 0.2) is 18.2 Å². The quantitative estimate of drug-likeness (QED) is 0.873. The van der Waals surface area contributed by atoms with Crippen LogP contribution in [0.4, 0.5) is 5.69 Å². The van der Waals surface area contributed by atoms with Crippen molar-refractivity contribution in [2.75, 3.05) is 12.3 Å². The van der Waals surface area contributed by atoms with Gasteiger partial charge in [0.15, 0.2) is 0 Å². The first-order valence-corrected chi connectivity index (χ1v) is 7.59. The summed E-state index contributed by atoms with van der Waals surface area (Å²) >= 11 is 0. The molecule has 1 aromatic heterocycles. The number of anilines is 1. The maximum atomic E-state index is 5.89. The van der Waals surface area contributed by atoms with Crippen LogP contribution in [0.25, 0.3) is 11.0 Å². The van der Waals surface area contributed by atoms with Gasteiger partial charge in [-0.3, -0.25) is 0 Å². The Morgan fingerprint density at radius 3 is 2.90 bits per heavy atom. The minimum absolute atomic E-state index is 0.355. The molecule has 0 amide bonds. The molecular formula is C16H21N3O. The largest absolute Gasteiger partial charge is 0.399 e. The monoisotopic (exact) mass is 271 g/mol. The average Bonchev–Trinajstić information content (AvgIpc) is 3.11. The molecule has 20 heavy (non-hydrogen) atoms. The predicted octanol–water partition coefficient (Wildman–Crippen LogP) is 2.92. The first-order valence-electron chi connectivity index (χ1n) is 7.59. The smallest absolute Gasteiger partial charge is 0.113 e. The molecule has 2 unspecified atom stereocenters. The third-order valence-electron chi connectivity index (χ3n) is 4.69. The lowest BCUT2D eigenvalue weighted by Gasteiger charge is -2.17. The van der Waals surface area contributed by atoms with E-state index in [1.165, 1.54) is 24.2 Å². The molecule has 1 aliphatic heterocycles. The molecule has 0 bridgehead atoms. The molecule has 2 heterocycles. The number of benzene rings is 1. The summed E-state index contributed by atoms with van der Waals surface area (Å²) in [5.74, 6) is 2.51. The van der Waals surface area contributed by atoms with Crippen LogP contribution >= 0.6 is 0 Å². The lowest BCUT2D eigenvalue weighted by Crippen LogP contribution is -2.19. The molecule has 1 saturated carbocycles. The Kier molecular flexibility index (Phi) is 2.74. The predicted molar refractivity (Wildman–Crippen MR) is 79.6 cm³/mol. The Balaban J connectivity index is 1.77. The van der Waals surface area contributed by atoms with Gasteiger partial charge in [0.25, 0.3) is 0 Å². The molecule has 4 rings (SSSR count). The van der Waals surface area contributed by atoms with Crippen molar-refractivity contribution in [2.45, 2.75) is 44.8 Å². The zero-order valence-electron chi connectivity index (χ0n) is 11.9. The minimum atomic E-state index is 0.355. The highest BCUT2D eigenvalue weighted by Crippen LogP contribution is 2.41. The number of nitrogen functional groups attached to an aromatic ring is 1. The van der Waals surface area contributed by atoms with E-state index < -0.39 is 0 Å². The summed E-state index contributed by atoms with van der Waals surface area (Å²) in [5, 5.41) is 0. The number of ether oxygens (including phenoxy) is 1. The Morgan fingerprint density at radius 2 is 2.20 bits per heavy atom. The number of fused-ring (bicyclic) bond motifs is 1. The molecule has 1 aliphatic carbocycles. The molecule has 4 nitrogen and oxygen atoms in total. The fraction of sp³-hybridized carbons (Fsp3) is 0.562. The fourth-order valence-corrected chi connectivity index (χ4v) is 3.26. The Labute approximate surface area is 118 Å². The third-order valence-corrected chi connectivity index (χ3v) is 4.69. The summed E-state index contributed by atoms with van der Waals surface area (Å²) < 4.78 is 8.13. The SMILES string of the molecule is CC1OCCC1Cn1c(C2CC2)nc2cc(N)ccc21. The van der Waals surface area contributed by atoms with E-state index in [1.807, 2.05) is 12.1 Å². The lowest BCUT2D eigenvalue weighted by molar-refractivity contribution is 0.102. The van der Waals surface area contributed by atoms with Crippen LogP contribution in [-0.2, 0) is 11.3 Å². The summed E-state index contributed by atoms with van der Waals surface area (Å²) in [7, 11) is 0. The van der Waals surface area contributed by atoms with Gasteiger partial charge in [0.1, 0.15) is 5.82 Å². The van der Waals surface area contributed by atoms with Crippen molar-refractivity contribution in [3.63, 3.8) is 0 Å². The molecule has 2 N–H and O–H groups in total. The first kappa shape index (κ1) is 12.2. The highest BCUT2D eigenvalue weighted by Gasteiger charge is 2.32. The van der Waals surface area contributed by atoms with Gasteiger partial charge in [0.05, 0.1) is 17.1 Å². The molecule has 4 heteroatoms. The second-order valence-electron chi connectivity index (χ2n) is 6.23. The van der Waals surface area contributed by atoms with Crippen LogP contribution < -0.4 is 5.73 Å². The van der Waals surface area contributed by atoms with Crippen LogP contribution in [0.3, 0.4) is 0 Å². The van der Waals surface area contributed by atoms with E-state index in [2.05, 4.69) is 17.6 Å². The second kappa shape index (κ2) is 4.48. The zero-order valence-corrected chi connectivity index (χ0v) is 11.9. The van der Waals surface area contributed by atoms with Gasteiger partial charge >= 0.3 is 0 Å². The van der Waals surface area contributed by atoms with Crippen molar-refractivity contribution in [1.29, 1.82) is 0 Å². The van der Waals surface area contributed by atoms with Gasteiger partial charge in [-0.15, -0.1) is 0 Å².